The summed E-state index contributed by atoms with van der Waals surface area (Å²) in [5.74, 6) is 2.33. The van der Waals surface area contributed by atoms with Crippen molar-refractivity contribution in [2.75, 3.05) is 25.1 Å². The van der Waals surface area contributed by atoms with Gasteiger partial charge in [0, 0.05) is 18.2 Å². The standard InChI is InChI=1S/C9H19NOS/c1-4-8(2)9(11)7-12-6-5-10-3/h8,10H,4-7H2,1-3H3. The van der Waals surface area contributed by atoms with E-state index in [2.05, 4.69) is 12.2 Å². The van der Waals surface area contributed by atoms with Crippen LogP contribution >= 0.6 is 11.8 Å². The number of rotatable bonds is 7. The van der Waals surface area contributed by atoms with E-state index in [9.17, 15) is 4.79 Å². The van der Waals surface area contributed by atoms with Crippen LogP contribution in [0.15, 0.2) is 0 Å². The molecular weight excluding hydrogens is 170 g/mol. The summed E-state index contributed by atoms with van der Waals surface area (Å²) >= 11 is 1.72. The first-order chi connectivity index (χ1) is 5.72. The number of carbonyl (C=O) groups excluding carboxylic acids is 1. The summed E-state index contributed by atoms with van der Waals surface area (Å²) in [6.45, 7) is 5.04. The molecule has 0 aliphatic heterocycles. The first-order valence-corrected chi connectivity index (χ1v) is 5.62. The second-order valence-electron chi connectivity index (χ2n) is 2.93. The van der Waals surface area contributed by atoms with Gasteiger partial charge in [0.05, 0.1) is 5.75 Å². The van der Waals surface area contributed by atoms with Crippen LogP contribution in [0.2, 0.25) is 0 Å². The summed E-state index contributed by atoms with van der Waals surface area (Å²) in [7, 11) is 1.93. The van der Waals surface area contributed by atoms with Crippen molar-refractivity contribution in [1.29, 1.82) is 0 Å². The topological polar surface area (TPSA) is 29.1 Å². The fourth-order valence-corrected chi connectivity index (χ4v) is 1.70. The zero-order valence-electron chi connectivity index (χ0n) is 8.22. The fraction of sp³-hybridized carbons (Fsp3) is 0.889. The second kappa shape index (κ2) is 7.62. The van der Waals surface area contributed by atoms with E-state index in [4.69, 9.17) is 0 Å². The average Bonchev–Trinajstić information content (AvgIpc) is 2.10. The summed E-state index contributed by atoms with van der Waals surface area (Å²) in [6, 6.07) is 0. The zero-order chi connectivity index (χ0) is 9.40. The Kier molecular flexibility index (Phi) is 7.61. The maximum atomic E-state index is 11.3. The number of Topliss-reactive ketones (excluding diaryl/α,β-unsaturated/α-hetero) is 1. The molecule has 0 spiro atoms. The fourth-order valence-electron chi connectivity index (χ4n) is 0.717. The molecule has 0 radical (unpaired) electrons. The minimum absolute atomic E-state index is 0.243. The van der Waals surface area contributed by atoms with Gasteiger partial charge in [0.25, 0.3) is 0 Å². The summed E-state index contributed by atoms with van der Waals surface area (Å²) in [5, 5.41) is 3.05. The third kappa shape index (κ3) is 5.61. The molecule has 0 aromatic rings. The third-order valence-electron chi connectivity index (χ3n) is 1.90. The maximum absolute atomic E-state index is 11.3. The van der Waals surface area contributed by atoms with Gasteiger partial charge >= 0.3 is 0 Å². The van der Waals surface area contributed by atoms with Gasteiger partial charge in [-0.15, -0.1) is 0 Å². The van der Waals surface area contributed by atoms with Gasteiger partial charge in [-0.05, 0) is 13.5 Å². The van der Waals surface area contributed by atoms with Crippen molar-refractivity contribution in [3.63, 3.8) is 0 Å². The van der Waals surface area contributed by atoms with Gasteiger partial charge in [-0.3, -0.25) is 4.79 Å². The van der Waals surface area contributed by atoms with Crippen molar-refractivity contribution < 1.29 is 4.79 Å². The Bertz CT molecular complexity index is 128. The molecule has 0 aliphatic carbocycles. The lowest BCUT2D eigenvalue weighted by atomic mass is 10.1. The van der Waals surface area contributed by atoms with E-state index in [1.165, 1.54) is 0 Å². The largest absolute Gasteiger partial charge is 0.319 e. The quantitative estimate of drug-likeness (QED) is 0.616. The maximum Gasteiger partial charge on any atom is 0.145 e. The smallest absolute Gasteiger partial charge is 0.145 e. The number of ketones is 1. The molecule has 2 nitrogen and oxygen atoms in total. The lowest BCUT2D eigenvalue weighted by Gasteiger charge is -2.06. The Labute approximate surface area is 79.5 Å². The number of thioether (sulfide) groups is 1. The minimum atomic E-state index is 0.243. The molecular formula is C9H19NOS. The van der Waals surface area contributed by atoms with E-state index in [1.807, 2.05) is 14.0 Å². The molecule has 1 N–H and O–H groups in total. The Morgan fingerprint density at radius 2 is 2.25 bits per heavy atom. The molecule has 1 unspecified atom stereocenters. The van der Waals surface area contributed by atoms with Gasteiger partial charge in [-0.1, -0.05) is 13.8 Å². The Morgan fingerprint density at radius 3 is 2.75 bits per heavy atom. The number of hydrogen-bond donors (Lipinski definition) is 1. The summed E-state index contributed by atoms with van der Waals surface area (Å²) in [5.41, 5.74) is 0. The molecule has 1 atom stereocenters. The van der Waals surface area contributed by atoms with Crippen molar-refractivity contribution in [2.45, 2.75) is 20.3 Å². The van der Waals surface area contributed by atoms with E-state index in [-0.39, 0.29) is 5.92 Å². The molecule has 0 saturated heterocycles. The SMILES string of the molecule is CCC(C)C(=O)CSCCNC. The highest BCUT2D eigenvalue weighted by atomic mass is 32.2. The van der Waals surface area contributed by atoms with Gasteiger partial charge in [0.1, 0.15) is 5.78 Å². The molecule has 0 bridgehead atoms. The van der Waals surface area contributed by atoms with Crippen LogP contribution in [0.1, 0.15) is 20.3 Å². The van der Waals surface area contributed by atoms with E-state index in [0.29, 0.717) is 11.5 Å². The Balaban J connectivity index is 3.31. The molecule has 0 aliphatic rings. The molecule has 12 heavy (non-hydrogen) atoms. The molecule has 0 fully saturated rings. The number of carbonyl (C=O) groups is 1. The van der Waals surface area contributed by atoms with Crippen molar-refractivity contribution in [1.82, 2.24) is 5.32 Å². The molecule has 3 heteroatoms. The minimum Gasteiger partial charge on any atom is -0.319 e. The zero-order valence-corrected chi connectivity index (χ0v) is 9.04. The van der Waals surface area contributed by atoms with Crippen molar-refractivity contribution in [3.8, 4) is 0 Å². The van der Waals surface area contributed by atoms with Crippen LogP contribution in [0.4, 0.5) is 0 Å². The monoisotopic (exact) mass is 189 g/mol. The van der Waals surface area contributed by atoms with Crippen LogP contribution in [0, 0.1) is 5.92 Å². The molecule has 0 amide bonds. The van der Waals surface area contributed by atoms with Crippen LogP contribution in [0.25, 0.3) is 0 Å². The highest BCUT2D eigenvalue weighted by molar-refractivity contribution is 7.99. The summed E-state index contributed by atoms with van der Waals surface area (Å²) in [6.07, 6.45) is 0.964. The van der Waals surface area contributed by atoms with Crippen LogP contribution in [0.3, 0.4) is 0 Å². The van der Waals surface area contributed by atoms with Gasteiger partial charge in [0.15, 0.2) is 0 Å². The summed E-state index contributed by atoms with van der Waals surface area (Å²) < 4.78 is 0. The van der Waals surface area contributed by atoms with Crippen LogP contribution in [0.5, 0.6) is 0 Å². The molecule has 0 aromatic carbocycles. The highest BCUT2D eigenvalue weighted by Crippen LogP contribution is 2.07. The number of hydrogen-bond acceptors (Lipinski definition) is 3. The van der Waals surface area contributed by atoms with Gasteiger partial charge in [-0.2, -0.15) is 11.8 Å². The summed E-state index contributed by atoms with van der Waals surface area (Å²) in [4.78, 5) is 11.3. The van der Waals surface area contributed by atoms with Crippen LogP contribution in [-0.2, 0) is 4.79 Å². The Hall–Kier alpha value is -0.0200. The number of nitrogens with one attached hydrogen (secondary N) is 1. The average molecular weight is 189 g/mol. The van der Waals surface area contributed by atoms with Crippen LogP contribution in [-0.4, -0.2) is 30.9 Å². The molecule has 0 aromatic heterocycles. The molecule has 72 valence electrons. The van der Waals surface area contributed by atoms with Crippen LogP contribution < -0.4 is 5.32 Å². The lowest BCUT2D eigenvalue weighted by Crippen LogP contribution is -2.15. The molecule has 0 saturated carbocycles. The first-order valence-electron chi connectivity index (χ1n) is 4.47. The normalized spacial score (nSPS) is 12.9. The van der Waals surface area contributed by atoms with Crippen molar-refractivity contribution >= 4 is 17.5 Å². The predicted octanol–water partition coefficient (Wildman–Crippen LogP) is 1.55. The molecule has 0 rings (SSSR count). The van der Waals surface area contributed by atoms with Crippen molar-refractivity contribution in [2.24, 2.45) is 5.92 Å². The third-order valence-corrected chi connectivity index (χ3v) is 2.88. The lowest BCUT2D eigenvalue weighted by molar-refractivity contribution is -0.119. The van der Waals surface area contributed by atoms with Crippen molar-refractivity contribution in [3.05, 3.63) is 0 Å². The second-order valence-corrected chi connectivity index (χ2v) is 4.04. The van der Waals surface area contributed by atoms with Gasteiger partial charge < -0.3 is 5.32 Å². The molecule has 0 heterocycles. The van der Waals surface area contributed by atoms with E-state index in [1.54, 1.807) is 11.8 Å². The van der Waals surface area contributed by atoms with E-state index >= 15 is 0 Å². The Morgan fingerprint density at radius 1 is 1.58 bits per heavy atom. The van der Waals surface area contributed by atoms with E-state index < -0.39 is 0 Å². The predicted molar refractivity (Wildman–Crippen MR) is 55.7 cm³/mol. The first kappa shape index (κ1) is 12.0. The highest BCUT2D eigenvalue weighted by Gasteiger charge is 2.09. The van der Waals surface area contributed by atoms with Gasteiger partial charge in [0.2, 0.25) is 0 Å². The van der Waals surface area contributed by atoms with E-state index in [0.717, 1.165) is 18.7 Å². The van der Waals surface area contributed by atoms with Gasteiger partial charge in [-0.25, -0.2) is 0 Å².